The van der Waals surface area contributed by atoms with Gasteiger partial charge in [0.25, 0.3) is 0 Å². The molecule has 2 aromatic rings. The number of thiol groups is 1. The fourth-order valence-electron chi connectivity index (χ4n) is 1.91. The van der Waals surface area contributed by atoms with Crippen LogP contribution in [0, 0.1) is 6.92 Å². The standard InChI is InChI=1S/C15H19NOS2/c1-3-12-14(10-18)19-15(16-12)8-9-17-13-7-5-4-6-11(13)2/h4-7,18H,3,8-10H2,1-2H3. The predicted molar refractivity (Wildman–Crippen MR) is 84.6 cm³/mol. The Morgan fingerprint density at radius 1 is 1.32 bits per heavy atom. The first-order valence-electron chi connectivity index (χ1n) is 6.51. The molecule has 0 aliphatic rings. The highest BCUT2D eigenvalue weighted by Crippen LogP contribution is 2.22. The highest BCUT2D eigenvalue weighted by atomic mass is 32.1. The maximum atomic E-state index is 5.80. The van der Waals surface area contributed by atoms with Gasteiger partial charge in [0.2, 0.25) is 0 Å². The van der Waals surface area contributed by atoms with E-state index in [0.29, 0.717) is 6.61 Å². The molecule has 0 bridgehead atoms. The molecule has 2 rings (SSSR count). The zero-order valence-electron chi connectivity index (χ0n) is 11.3. The van der Waals surface area contributed by atoms with Crippen LogP contribution >= 0.6 is 24.0 Å². The van der Waals surface area contributed by atoms with E-state index in [-0.39, 0.29) is 0 Å². The fourth-order valence-corrected chi connectivity index (χ4v) is 3.28. The summed E-state index contributed by atoms with van der Waals surface area (Å²) in [7, 11) is 0. The summed E-state index contributed by atoms with van der Waals surface area (Å²) in [6.45, 7) is 4.87. The normalized spacial score (nSPS) is 10.7. The molecule has 1 heterocycles. The van der Waals surface area contributed by atoms with Crippen molar-refractivity contribution in [1.29, 1.82) is 0 Å². The Balaban J connectivity index is 1.92. The minimum Gasteiger partial charge on any atom is -0.493 e. The van der Waals surface area contributed by atoms with Gasteiger partial charge in [-0.2, -0.15) is 12.6 Å². The minimum atomic E-state index is 0.674. The Labute approximate surface area is 124 Å². The molecular weight excluding hydrogens is 274 g/mol. The molecule has 0 unspecified atom stereocenters. The van der Waals surface area contributed by atoms with Crippen LogP contribution in [0.3, 0.4) is 0 Å². The van der Waals surface area contributed by atoms with E-state index in [0.717, 1.165) is 29.4 Å². The van der Waals surface area contributed by atoms with Gasteiger partial charge >= 0.3 is 0 Å². The highest BCUT2D eigenvalue weighted by molar-refractivity contribution is 7.79. The quantitative estimate of drug-likeness (QED) is 0.811. The number of para-hydroxylation sites is 1. The topological polar surface area (TPSA) is 22.1 Å². The summed E-state index contributed by atoms with van der Waals surface area (Å²) in [5, 5.41) is 1.15. The molecule has 0 N–H and O–H groups in total. The summed E-state index contributed by atoms with van der Waals surface area (Å²) < 4.78 is 5.80. The van der Waals surface area contributed by atoms with Crippen LogP contribution in [0.25, 0.3) is 0 Å². The third kappa shape index (κ3) is 3.74. The zero-order valence-corrected chi connectivity index (χ0v) is 13.1. The van der Waals surface area contributed by atoms with Crippen molar-refractivity contribution in [3.8, 4) is 5.75 Å². The molecule has 19 heavy (non-hydrogen) atoms. The Morgan fingerprint density at radius 3 is 2.74 bits per heavy atom. The third-order valence-corrected chi connectivity index (χ3v) is 4.66. The molecule has 0 amide bonds. The van der Waals surface area contributed by atoms with Crippen LogP contribution in [0.1, 0.15) is 28.1 Å². The van der Waals surface area contributed by atoms with Crippen molar-refractivity contribution in [2.75, 3.05) is 6.61 Å². The first-order valence-corrected chi connectivity index (χ1v) is 7.96. The molecule has 0 saturated heterocycles. The van der Waals surface area contributed by atoms with Crippen LogP contribution in [0.4, 0.5) is 0 Å². The highest BCUT2D eigenvalue weighted by Gasteiger charge is 2.08. The molecule has 0 saturated carbocycles. The number of rotatable bonds is 6. The number of hydrogen-bond donors (Lipinski definition) is 1. The number of aromatic nitrogens is 1. The number of hydrogen-bond acceptors (Lipinski definition) is 4. The van der Waals surface area contributed by atoms with Crippen LogP contribution < -0.4 is 4.74 Å². The van der Waals surface area contributed by atoms with Gasteiger partial charge in [0.05, 0.1) is 17.3 Å². The second kappa shape index (κ2) is 6.96. The van der Waals surface area contributed by atoms with Crippen molar-refractivity contribution in [2.45, 2.75) is 32.4 Å². The van der Waals surface area contributed by atoms with Gasteiger partial charge in [0.15, 0.2) is 0 Å². The number of thiazole rings is 1. The van der Waals surface area contributed by atoms with Gasteiger partial charge in [0, 0.05) is 17.1 Å². The zero-order chi connectivity index (χ0) is 13.7. The lowest BCUT2D eigenvalue weighted by atomic mass is 10.2. The van der Waals surface area contributed by atoms with E-state index in [1.54, 1.807) is 11.3 Å². The van der Waals surface area contributed by atoms with Crippen LogP contribution in [-0.4, -0.2) is 11.6 Å². The summed E-state index contributed by atoms with van der Waals surface area (Å²) in [4.78, 5) is 5.93. The van der Waals surface area contributed by atoms with Gasteiger partial charge in [-0.3, -0.25) is 0 Å². The Hall–Kier alpha value is -1.00. The van der Waals surface area contributed by atoms with Crippen molar-refractivity contribution in [3.63, 3.8) is 0 Å². The van der Waals surface area contributed by atoms with Gasteiger partial charge < -0.3 is 4.74 Å². The first-order chi connectivity index (χ1) is 9.24. The summed E-state index contributed by atoms with van der Waals surface area (Å²) >= 11 is 6.10. The lowest BCUT2D eigenvalue weighted by molar-refractivity contribution is 0.319. The van der Waals surface area contributed by atoms with E-state index in [1.165, 1.54) is 16.1 Å². The molecule has 0 aliphatic carbocycles. The molecule has 0 radical (unpaired) electrons. The number of aryl methyl sites for hydroxylation is 2. The molecule has 0 aliphatic heterocycles. The molecule has 1 aromatic heterocycles. The Kier molecular flexibility index (Phi) is 5.28. The second-order valence-corrected chi connectivity index (χ2v) is 5.84. The number of ether oxygens (including phenoxy) is 1. The molecule has 2 nitrogen and oxygen atoms in total. The fraction of sp³-hybridized carbons (Fsp3) is 0.400. The number of nitrogens with zero attached hydrogens (tertiary/aromatic N) is 1. The largest absolute Gasteiger partial charge is 0.493 e. The maximum absolute atomic E-state index is 5.80. The Bertz CT molecular complexity index is 515. The van der Waals surface area contributed by atoms with E-state index in [9.17, 15) is 0 Å². The van der Waals surface area contributed by atoms with Crippen LogP contribution in [-0.2, 0) is 18.6 Å². The molecule has 0 fully saturated rings. The van der Waals surface area contributed by atoms with Crippen LogP contribution in [0.5, 0.6) is 5.75 Å². The second-order valence-electron chi connectivity index (χ2n) is 4.35. The van der Waals surface area contributed by atoms with Crippen molar-refractivity contribution in [2.24, 2.45) is 0 Å². The molecule has 1 aromatic carbocycles. The van der Waals surface area contributed by atoms with E-state index in [4.69, 9.17) is 4.74 Å². The summed E-state index contributed by atoms with van der Waals surface area (Å²) in [6, 6.07) is 8.09. The molecule has 0 atom stereocenters. The van der Waals surface area contributed by atoms with E-state index >= 15 is 0 Å². The van der Waals surface area contributed by atoms with Crippen molar-refractivity contribution >= 4 is 24.0 Å². The van der Waals surface area contributed by atoms with Gasteiger partial charge in [-0.15, -0.1) is 11.3 Å². The lowest BCUT2D eigenvalue weighted by Gasteiger charge is -2.07. The lowest BCUT2D eigenvalue weighted by Crippen LogP contribution is -2.02. The summed E-state index contributed by atoms with van der Waals surface area (Å²) in [5.41, 5.74) is 2.36. The minimum absolute atomic E-state index is 0.674. The van der Waals surface area contributed by atoms with Crippen LogP contribution in [0.15, 0.2) is 24.3 Å². The molecule has 102 valence electrons. The van der Waals surface area contributed by atoms with Crippen LogP contribution in [0.2, 0.25) is 0 Å². The van der Waals surface area contributed by atoms with E-state index < -0.39 is 0 Å². The smallest absolute Gasteiger partial charge is 0.122 e. The van der Waals surface area contributed by atoms with Gasteiger partial charge in [0.1, 0.15) is 5.75 Å². The Morgan fingerprint density at radius 2 is 2.11 bits per heavy atom. The molecular formula is C15H19NOS2. The number of benzene rings is 1. The van der Waals surface area contributed by atoms with E-state index in [1.807, 2.05) is 18.2 Å². The average molecular weight is 293 g/mol. The van der Waals surface area contributed by atoms with Gasteiger partial charge in [-0.05, 0) is 25.0 Å². The monoisotopic (exact) mass is 293 g/mol. The average Bonchev–Trinajstić information content (AvgIpc) is 2.83. The SMILES string of the molecule is CCc1nc(CCOc2ccccc2C)sc1CS. The maximum Gasteiger partial charge on any atom is 0.122 e. The van der Waals surface area contributed by atoms with Crippen molar-refractivity contribution in [3.05, 3.63) is 45.4 Å². The summed E-state index contributed by atoms with van der Waals surface area (Å²) in [6.07, 6.45) is 1.84. The summed E-state index contributed by atoms with van der Waals surface area (Å²) in [5.74, 6) is 1.74. The molecule has 0 spiro atoms. The van der Waals surface area contributed by atoms with E-state index in [2.05, 4.69) is 37.5 Å². The van der Waals surface area contributed by atoms with Crippen molar-refractivity contribution in [1.82, 2.24) is 4.98 Å². The van der Waals surface area contributed by atoms with Gasteiger partial charge in [-0.1, -0.05) is 25.1 Å². The molecule has 4 heteroatoms. The first kappa shape index (κ1) is 14.4. The third-order valence-electron chi connectivity index (χ3n) is 2.97. The van der Waals surface area contributed by atoms with Gasteiger partial charge in [-0.25, -0.2) is 4.98 Å². The predicted octanol–water partition coefficient (Wildman–Crippen LogP) is 4.07. The van der Waals surface area contributed by atoms with Crippen molar-refractivity contribution < 1.29 is 4.74 Å².